The van der Waals surface area contributed by atoms with E-state index in [1.54, 1.807) is 6.92 Å². The van der Waals surface area contributed by atoms with Crippen LogP contribution in [-0.2, 0) is 4.74 Å². The Morgan fingerprint density at radius 2 is 2.24 bits per heavy atom. The number of benzene rings is 1. The van der Waals surface area contributed by atoms with Crippen molar-refractivity contribution in [3.8, 4) is 0 Å². The highest BCUT2D eigenvalue weighted by Crippen LogP contribution is 2.19. The van der Waals surface area contributed by atoms with E-state index < -0.39 is 6.09 Å². The van der Waals surface area contributed by atoms with Gasteiger partial charge in [-0.15, -0.1) is 0 Å². The van der Waals surface area contributed by atoms with Crippen LogP contribution in [0.1, 0.15) is 12.5 Å². The van der Waals surface area contributed by atoms with Crippen LogP contribution in [0.25, 0.3) is 0 Å². The normalized spacial score (nSPS) is 9.59. The van der Waals surface area contributed by atoms with Gasteiger partial charge in [-0.2, -0.15) is 0 Å². The largest absolute Gasteiger partial charge is 0.450 e. The lowest BCUT2D eigenvalue weighted by atomic mass is 10.2. The Morgan fingerprint density at radius 1 is 1.53 bits per heavy atom. The third kappa shape index (κ3) is 4.70. The molecule has 0 aliphatic carbocycles. The SMILES string of the molecule is CCOC(=O)NC(=S)Nc1ccc(Br)c(C)c1. The highest BCUT2D eigenvalue weighted by molar-refractivity contribution is 9.10. The van der Waals surface area contributed by atoms with E-state index in [1.165, 1.54) is 0 Å². The number of hydrogen-bond donors (Lipinski definition) is 2. The van der Waals surface area contributed by atoms with Crippen LogP contribution in [0.3, 0.4) is 0 Å². The Morgan fingerprint density at radius 3 is 2.82 bits per heavy atom. The zero-order chi connectivity index (χ0) is 12.8. The van der Waals surface area contributed by atoms with Gasteiger partial charge in [0.15, 0.2) is 5.11 Å². The smallest absolute Gasteiger partial charge is 0.413 e. The number of rotatable bonds is 2. The van der Waals surface area contributed by atoms with E-state index in [9.17, 15) is 4.79 Å². The minimum atomic E-state index is -0.557. The van der Waals surface area contributed by atoms with Gasteiger partial charge in [0.2, 0.25) is 0 Å². The summed E-state index contributed by atoms with van der Waals surface area (Å²) in [4.78, 5) is 11.1. The molecule has 0 radical (unpaired) electrons. The van der Waals surface area contributed by atoms with Crippen molar-refractivity contribution >= 4 is 45.0 Å². The fraction of sp³-hybridized carbons (Fsp3) is 0.273. The van der Waals surface area contributed by atoms with Crippen LogP contribution in [0.15, 0.2) is 22.7 Å². The predicted octanol–water partition coefficient (Wildman–Crippen LogP) is 3.20. The van der Waals surface area contributed by atoms with Gasteiger partial charge in [0.1, 0.15) is 0 Å². The molecular formula is C11H13BrN2O2S. The lowest BCUT2D eigenvalue weighted by molar-refractivity contribution is 0.158. The molecule has 0 unspecified atom stereocenters. The van der Waals surface area contributed by atoms with Crippen molar-refractivity contribution in [3.05, 3.63) is 28.2 Å². The number of thiocarbonyl (C=S) groups is 1. The third-order valence-corrected chi connectivity index (χ3v) is 3.00. The van der Waals surface area contributed by atoms with Crippen LogP contribution in [0.5, 0.6) is 0 Å². The second-order valence-corrected chi connectivity index (χ2v) is 4.53. The highest BCUT2D eigenvalue weighted by Gasteiger charge is 2.05. The maximum absolute atomic E-state index is 11.1. The molecule has 0 aliphatic heterocycles. The summed E-state index contributed by atoms with van der Waals surface area (Å²) >= 11 is 8.37. The van der Waals surface area contributed by atoms with Crippen molar-refractivity contribution in [1.82, 2.24) is 5.32 Å². The van der Waals surface area contributed by atoms with Crippen molar-refractivity contribution in [2.45, 2.75) is 13.8 Å². The Hall–Kier alpha value is -1.14. The maximum Gasteiger partial charge on any atom is 0.413 e. The topological polar surface area (TPSA) is 50.4 Å². The van der Waals surface area contributed by atoms with Crippen LogP contribution in [0, 0.1) is 6.92 Å². The van der Waals surface area contributed by atoms with Crippen molar-refractivity contribution in [2.75, 3.05) is 11.9 Å². The number of aryl methyl sites for hydroxylation is 1. The van der Waals surface area contributed by atoms with E-state index >= 15 is 0 Å². The molecule has 4 nitrogen and oxygen atoms in total. The van der Waals surface area contributed by atoms with Gasteiger partial charge in [-0.05, 0) is 49.8 Å². The van der Waals surface area contributed by atoms with Crippen LogP contribution in [-0.4, -0.2) is 17.8 Å². The van der Waals surface area contributed by atoms with Crippen LogP contribution < -0.4 is 10.6 Å². The first-order valence-corrected chi connectivity index (χ1v) is 6.24. The molecule has 0 saturated heterocycles. The van der Waals surface area contributed by atoms with E-state index in [0.29, 0.717) is 6.61 Å². The fourth-order valence-corrected chi connectivity index (χ4v) is 1.59. The first kappa shape index (κ1) is 13.9. The van der Waals surface area contributed by atoms with E-state index in [4.69, 9.17) is 17.0 Å². The number of ether oxygens (including phenoxy) is 1. The number of amides is 1. The maximum atomic E-state index is 11.1. The summed E-state index contributed by atoms with van der Waals surface area (Å²) in [6, 6.07) is 5.68. The first-order chi connectivity index (χ1) is 8.02. The molecule has 2 N–H and O–H groups in total. The molecule has 0 fully saturated rings. The molecule has 0 spiro atoms. The van der Waals surface area contributed by atoms with Gasteiger partial charge >= 0.3 is 6.09 Å². The van der Waals surface area contributed by atoms with Gasteiger partial charge in [-0.25, -0.2) is 4.79 Å². The lowest BCUT2D eigenvalue weighted by Crippen LogP contribution is -2.34. The van der Waals surface area contributed by atoms with Gasteiger partial charge in [-0.1, -0.05) is 15.9 Å². The molecule has 0 saturated carbocycles. The minimum absolute atomic E-state index is 0.213. The van der Waals surface area contributed by atoms with Crippen molar-refractivity contribution < 1.29 is 9.53 Å². The zero-order valence-corrected chi connectivity index (χ0v) is 11.9. The average molecular weight is 317 g/mol. The number of carbonyl (C=O) groups is 1. The molecule has 0 atom stereocenters. The molecule has 6 heteroatoms. The molecule has 92 valence electrons. The summed E-state index contributed by atoms with van der Waals surface area (Å²) in [6.07, 6.45) is -0.557. The Balaban J connectivity index is 2.56. The number of nitrogens with one attached hydrogen (secondary N) is 2. The number of carbonyl (C=O) groups excluding carboxylic acids is 1. The molecule has 0 aromatic heterocycles. The number of hydrogen-bond acceptors (Lipinski definition) is 3. The van der Waals surface area contributed by atoms with Gasteiger partial charge in [-0.3, -0.25) is 5.32 Å². The summed E-state index contributed by atoms with van der Waals surface area (Å²) in [6.45, 7) is 4.01. The Kier molecular flexibility index (Phi) is 5.37. The summed E-state index contributed by atoms with van der Waals surface area (Å²) in [7, 11) is 0. The monoisotopic (exact) mass is 316 g/mol. The average Bonchev–Trinajstić information content (AvgIpc) is 2.23. The number of alkyl carbamates (subject to hydrolysis) is 1. The Labute approximate surface area is 114 Å². The second-order valence-electron chi connectivity index (χ2n) is 3.26. The van der Waals surface area contributed by atoms with Crippen molar-refractivity contribution in [2.24, 2.45) is 0 Å². The lowest BCUT2D eigenvalue weighted by Gasteiger charge is -2.10. The molecular weight excluding hydrogens is 304 g/mol. The van der Waals surface area contributed by atoms with Gasteiger partial charge < -0.3 is 10.1 Å². The van der Waals surface area contributed by atoms with Gasteiger partial charge in [0, 0.05) is 10.2 Å². The molecule has 1 amide bonds. The zero-order valence-electron chi connectivity index (χ0n) is 9.54. The molecule has 17 heavy (non-hydrogen) atoms. The summed E-state index contributed by atoms with van der Waals surface area (Å²) in [5.74, 6) is 0. The Bertz CT molecular complexity index is 437. The van der Waals surface area contributed by atoms with E-state index in [1.807, 2.05) is 25.1 Å². The molecule has 1 aromatic carbocycles. The van der Waals surface area contributed by atoms with Crippen LogP contribution in [0.4, 0.5) is 10.5 Å². The van der Waals surface area contributed by atoms with Crippen LogP contribution >= 0.6 is 28.1 Å². The minimum Gasteiger partial charge on any atom is -0.450 e. The second kappa shape index (κ2) is 6.56. The molecule has 0 aliphatic rings. The molecule has 1 aromatic rings. The number of halogens is 1. The van der Waals surface area contributed by atoms with E-state index in [0.717, 1.165) is 15.7 Å². The summed E-state index contributed by atoms with van der Waals surface area (Å²) in [5.41, 5.74) is 1.89. The standard InChI is InChI=1S/C11H13BrN2O2S/c1-3-16-11(15)14-10(17)13-8-4-5-9(12)7(2)6-8/h4-6H,3H2,1-2H3,(H2,13,14,15,17). The summed E-state index contributed by atoms with van der Waals surface area (Å²) in [5, 5.41) is 5.52. The molecule has 0 bridgehead atoms. The van der Waals surface area contributed by atoms with Crippen LogP contribution in [0.2, 0.25) is 0 Å². The van der Waals surface area contributed by atoms with E-state index in [2.05, 4.69) is 26.6 Å². The highest BCUT2D eigenvalue weighted by atomic mass is 79.9. The quantitative estimate of drug-likeness (QED) is 0.823. The van der Waals surface area contributed by atoms with E-state index in [-0.39, 0.29) is 5.11 Å². The fourth-order valence-electron chi connectivity index (χ4n) is 1.14. The van der Waals surface area contributed by atoms with Crippen molar-refractivity contribution in [3.63, 3.8) is 0 Å². The van der Waals surface area contributed by atoms with Crippen molar-refractivity contribution in [1.29, 1.82) is 0 Å². The summed E-state index contributed by atoms with van der Waals surface area (Å²) < 4.78 is 5.73. The number of anilines is 1. The third-order valence-electron chi connectivity index (χ3n) is 1.91. The molecule has 0 heterocycles. The van der Waals surface area contributed by atoms with Gasteiger partial charge in [0.05, 0.1) is 6.61 Å². The molecule has 1 rings (SSSR count). The van der Waals surface area contributed by atoms with Gasteiger partial charge in [0.25, 0.3) is 0 Å². The predicted molar refractivity (Wildman–Crippen MR) is 75.3 cm³/mol. The first-order valence-electron chi connectivity index (χ1n) is 5.04.